The number of methoxy groups -OCH3 is 1. The lowest BCUT2D eigenvalue weighted by molar-refractivity contribution is -0.142. The van der Waals surface area contributed by atoms with Gasteiger partial charge in [-0.3, -0.25) is 9.69 Å². The molecule has 1 aromatic heterocycles. The maximum absolute atomic E-state index is 12.4. The van der Waals surface area contributed by atoms with Gasteiger partial charge in [0, 0.05) is 38.3 Å². The standard InChI is InChI=1S/C19H24N4O4/c1-25-15-6-4-14(5-7-15)18-20-17(27-21-18)13-22-8-10-23(11-9-22)19(24)16-3-2-12-26-16/h4-7,16H,2-3,8-13H2,1H3. The molecule has 3 heterocycles. The van der Waals surface area contributed by atoms with Crippen LogP contribution in [0.2, 0.25) is 0 Å². The lowest BCUT2D eigenvalue weighted by atomic mass is 10.2. The largest absolute Gasteiger partial charge is 0.497 e. The number of rotatable bonds is 5. The first-order valence-electron chi connectivity index (χ1n) is 9.32. The van der Waals surface area contributed by atoms with Gasteiger partial charge < -0.3 is 18.9 Å². The highest BCUT2D eigenvalue weighted by Gasteiger charge is 2.30. The Morgan fingerprint density at radius 2 is 2.00 bits per heavy atom. The predicted molar refractivity (Wildman–Crippen MR) is 97.1 cm³/mol. The molecule has 0 aliphatic carbocycles. The van der Waals surface area contributed by atoms with E-state index in [4.69, 9.17) is 14.0 Å². The van der Waals surface area contributed by atoms with E-state index in [2.05, 4.69) is 15.0 Å². The number of hydrogen-bond donors (Lipinski definition) is 0. The van der Waals surface area contributed by atoms with Crippen molar-refractivity contribution in [3.05, 3.63) is 30.2 Å². The summed E-state index contributed by atoms with van der Waals surface area (Å²) in [6.07, 6.45) is 1.58. The molecule has 8 heteroatoms. The van der Waals surface area contributed by atoms with Crippen molar-refractivity contribution in [2.24, 2.45) is 0 Å². The Morgan fingerprint density at radius 1 is 1.22 bits per heavy atom. The second-order valence-electron chi connectivity index (χ2n) is 6.84. The van der Waals surface area contributed by atoms with Crippen molar-refractivity contribution in [1.82, 2.24) is 19.9 Å². The summed E-state index contributed by atoms with van der Waals surface area (Å²) in [6.45, 7) is 4.28. The summed E-state index contributed by atoms with van der Waals surface area (Å²) in [6, 6.07) is 7.55. The van der Waals surface area contributed by atoms with Gasteiger partial charge in [0.25, 0.3) is 5.91 Å². The minimum absolute atomic E-state index is 0.131. The van der Waals surface area contributed by atoms with Crippen molar-refractivity contribution in [1.29, 1.82) is 0 Å². The summed E-state index contributed by atoms with van der Waals surface area (Å²) < 4.78 is 16.1. The second kappa shape index (κ2) is 8.06. The summed E-state index contributed by atoms with van der Waals surface area (Å²) >= 11 is 0. The van der Waals surface area contributed by atoms with E-state index in [9.17, 15) is 4.79 Å². The van der Waals surface area contributed by atoms with E-state index in [1.165, 1.54) is 0 Å². The van der Waals surface area contributed by atoms with Crippen LogP contribution in [-0.2, 0) is 16.1 Å². The van der Waals surface area contributed by atoms with Crippen LogP contribution >= 0.6 is 0 Å². The highest BCUT2D eigenvalue weighted by atomic mass is 16.5. The van der Waals surface area contributed by atoms with Crippen molar-refractivity contribution >= 4 is 5.91 Å². The Labute approximate surface area is 158 Å². The molecule has 1 aromatic carbocycles. The summed E-state index contributed by atoms with van der Waals surface area (Å²) in [5, 5.41) is 4.07. The Kier molecular flexibility index (Phi) is 5.35. The summed E-state index contributed by atoms with van der Waals surface area (Å²) in [5.74, 6) is 2.07. The van der Waals surface area contributed by atoms with E-state index in [0.717, 1.165) is 37.2 Å². The maximum atomic E-state index is 12.4. The van der Waals surface area contributed by atoms with Crippen molar-refractivity contribution in [2.45, 2.75) is 25.5 Å². The van der Waals surface area contributed by atoms with Crippen LogP contribution in [0.1, 0.15) is 18.7 Å². The Balaban J connectivity index is 1.30. The first-order chi connectivity index (χ1) is 13.2. The Bertz CT molecular complexity index is 762. The second-order valence-corrected chi connectivity index (χ2v) is 6.84. The van der Waals surface area contributed by atoms with Crippen LogP contribution in [0.25, 0.3) is 11.4 Å². The molecular formula is C19H24N4O4. The van der Waals surface area contributed by atoms with Crippen LogP contribution in [0.4, 0.5) is 0 Å². The van der Waals surface area contributed by atoms with Gasteiger partial charge in [-0.1, -0.05) is 5.16 Å². The van der Waals surface area contributed by atoms with Crippen LogP contribution in [0.3, 0.4) is 0 Å². The number of carbonyl (C=O) groups excluding carboxylic acids is 1. The number of aromatic nitrogens is 2. The van der Waals surface area contributed by atoms with Crippen LogP contribution in [0.5, 0.6) is 5.75 Å². The van der Waals surface area contributed by atoms with Crippen molar-refractivity contribution in [3.8, 4) is 17.1 Å². The summed E-state index contributed by atoms with van der Waals surface area (Å²) in [4.78, 5) is 21.0. The quantitative estimate of drug-likeness (QED) is 0.788. The average molecular weight is 372 g/mol. The lowest BCUT2D eigenvalue weighted by Gasteiger charge is -2.35. The molecule has 27 heavy (non-hydrogen) atoms. The van der Waals surface area contributed by atoms with Crippen molar-refractivity contribution < 1.29 is 18.8 Å². The fourth-order valence-electron chi connectivity index (χ4n) is 3.47. The Hall–Kier alpha value is -2.45. The molecule has 144 valence electrons. The van der Waals surface area contributed by atoms with Crippen molar-refractivity contribution in [2.75, 3.05) is 39.9 Å². The zero-order chi connectivity index (χ0) is 18.6. The van der Waals surface area contributed by atoms with Gasteiger partial charge >= 0.3 is 0 Å². The van der Waals surface area contributed by atoms with Crippen LogP contribution in [0, 0.1) is 0 Å². The molecule has 1 unspecified atom stereocenters. The van der Waals surface area contributed by atoms with Gasteiger partial charge in [0.2, 0.25) is 11.7 Å². The highest BCUT2D eigenvalue weighted by Crippen LogP contribution is 2.21. The molecule has 0 saturated carbocycles. The summed E-state index contributed by atoms with van der Waals surface area (Å²) in [7, 11) is 1.63. The fourth-order valence-corrected chi connectivity index (χ4v) is 3.47. The first-order valence-corrected chi connectivity index (χ1v) is 9.32. The van der Waals surface area contributed by atoms with E-state index < -0.39 is 0 Å². The van der Waals surface area contributed by atoms with Crippen LogP contribution < -0.4 is 4.74 Å². The monoisotopic (exact) mass is 372 g/mol. The molecule has 4 rings (SSSR count). The number of ether oxygens (including phenoxy) is 2. The minimum atomic E-state index is -0.237. The van der Waals surface area contributed by atoms with E-state index in [1.807, 2.05) is 29.2 Å². The molecule has 0 bridgehead atoms. The van der Waals surface area contributed by atoms with Crippen molar-refractivity contribution in [3.63, 3.8) is 0 Å². The molecule has 0 spiro atoms. The smallest absolute Gasteiger partial charge is 0.251 e. The summed E-state index contributed by atoms with van der Waals surface area (Å²) in [5.41, 5.74) is 0.887. The van der Waals surface area contributed by atoms with Gasteiger partial charge in [-0.15, -0.1) is 0 Å². The number of amides is 1. The van der Waals surface area contributed by atoms with E-state index in [0.29, 0.717) is 38.0 Å². The molecule has 2 aliphatic heterocycles. The first kappa shape index (κ1) is 17.9. The van der Waals surface area contributed by atoms with Crippen LogP contribution in [-0.4, -0.2) is 71.8 Å². The molecule has 8 nitrogen and oxygen atoms in total. The molecule has 1 atom stereocenters. The predicted octanol–water partition coefficient (Wildman–Crippen LogP) is 1.57. The fraction of sp³-hybridized carbons (Fsp3) is 0.526. The van der Waals surface area contributed by atoms with Gasteiger partial charge in [-0.05, 0) is 37.1 Å². The molecule has 0 radical (unpaired) electrons. The topological polar surface area (TPSA) is 80.9 Å². The van der Waals surface area contributed by atoms with Gasteiger partial charge in [0.15, 0.2) is 0 Å². The third-order valence-electron chi connectivity index (χ3n) is 5.06. The van der Waals surface area contributed by atoms with Crippen LogP contribution in [0.15, 0.2) is 28.8 Å². The molecule has 2 fully saturated rings. The SMILES string of the molecule is COc1ccc(-c2noc(CN3CCN(C(=O)C4CCCO4)CC3)n2)cc1. The third-order valence-corrected chi connectivity index (χ3v) is 5.06. The molecule has 2 aliphatic rings. The number of nitrogens with zero attached hydrogens (tertiary/aromatic N) is 4. The zero-order valence-electron chi connectivity index (χ0n) is 15.5. The molecular weight excluding hydrogens is 348 g/mol. The van der Waals surface area contributed by atoms with E-state index in [1.54, 1.807) is 7.11 Å². The maximum Gasteiger partial charge on any atom is 0.251 e. The van der Waals surface area contributed by atoms with E-state index >= 15 is 0 Å². The molecule has 0 N–H and O–H groups in total. The Morgan fingerprint density at radius 3 is 2.67 bits per heavy atom. The molecule has 2 aromatic rings. The molecule has 1 amide bonds. The lowest BCUT2D eigenvalue weighted by Crippen LogP contribution is -2.51. The normalized spacial score (nSPS) is 20.8. The number of benzene rings is 1. The van der Waals surface area contributed by atoms with Gasteiger partial charge in [0.05, 0.1) is 13.7 Å². The number of hydrogen-bond acceptors (Lipinski definition) is 7. The third kappa shape index (κ3) is 4.12. The van der Waals surface area contributed by atoms with Gasteiger partial charge in [0.1, 0.15) is 11.9 Å². The molecule has 2 saturated heterocycles. The zero-order valence-corrected chi connectivity index (χ0v) is 15.5. The van der Waals surface area contributed by atoms with E-state index in [-0.39, 0.29) is 12.0 Å². The minimum Gasteiger partial charge on any atom is -0.497 e. The van der Waals surface area contributed by atoms with Gasteiger partial charge in [-0.2, -0.15) is 4.98 Å². The average Bonchev–Trinajstić information content (AvgIpc) is 3.40. The highest BCUT2D eigenvalue weighted by molar-refractivity contribution is 5.81. The number of piperazine rings is 1. The van der Waals surface area contributed by atoms with Gasteiger partial charge in [-0.25, -0.2) is 0 Å². The number of carbonyl (C=O) groups is 1.